The van der Waals surface area contributed by atoms with Crippen molar-refractivity contribution in [2.24, 2.45) is 18.7 Å². The lowest BCUT2D eigenvalue weighted by Crippen LogP contribution is -2.39. The van der Waals surface area contributed by atoms with Crippen LogP contribution in [0.1, 0.15) is 25.1 Å². The Kier molecular flexibility index (Phi) is 5.35. The minimum atomic E-state index is -0.265. The Morgan fingerprint density at radius 3 is 2.63 bits per heavy atom. The van der Waals surface area contributed by atoms with Crippen LogP contribution < -0.4 is 15.8 Å². The number of ether oxygens (including phenoxy) is 1. The molecule has 1 rings (SSSR count). The van der Waals surface area contributed by atoms with Gasteiger partial charge in [0.25, 0.3) is 0 Å². The highest BCUT2D eigenvalue weighted by Crippen LogP contribution is 2.24. The lowest BCUT2D eigenvalue weighted by molar-refractivity contribution is -0.125. The molecule has 3 N–H and O–H groups in total. The van der Waals surface area contributed by atoms with Gasteiger partial charge in [-0.2, -0.15) is 5.10 Å². The second kappa shape index (κ2) is 6.56. The van der Waals surface area contributed by atoms with Crippen LogP contribution in [0.25, 0.3) is 0 Å². The number of hydrogen-bond acceptors (Lipinski definition) is 4. The average Bonchev–Trinajstić information content (AvgIpc) is 2.58. The largest absolute Gasteiger partial charge is 0.481 e. The van der Waals surface area contributed by atoms with E-state index in [0.29, 0.717) is 18.8 Å². The fraction of sp³-hybridized carbons (Fsp3) is 0.692. The highest BCUT2D eigenvalue weighted by molar-refractivity contribution is 5.79. The van der Waals surface area contributed by atoms with E-state index >= 15 is 0 Å². The molecule has 108 valence electrons. The van der Waals surface area contributed by atoms with Crippen LogP contribution >= 0.6 is 0 Å². The molecule has 1 atom stereocenters. The van der Waals surface area contributed by atoms with Gasteiger partial charge >= 0.3 is 0 Å². The molecule has 0 aliphatic rings. The van der Waals surface area contributed by atoms with Crippen LogP contribution in [0.5, 0.6) is 5.88 Å². The van der Waals surface area contributed by atoms with Crippen LogP contribution in [-0.4, -0.2) is 35.4 Å². The summed E-state index contributed by atoms with van der Waals surface area (Å²) in [4.78, 5) is 12.0. The van der Waals surface area contributed by atoms with Gasteiger partial charge in [0.15, 0.2) is 0 Å². The van der Waals surface area contributed by atoms with E-state index < -0.39 is 0 Å². The highest BCUT2D eigenvalue weighted by Gasteiger charge is 2.23. The van der Waals surface area contributed by atoms with Crippen molar-refractivity contribution in [1.29, 1.82) is 0 Å². The average molecular weight is 268 g/mol. The summed E-state index contributed by atoms with van der Waals surface area (Å²) in [5, 5.41) is 7.20. The molecule has 0 fully saturated rings. The lowest BCUT2D eigenvalue weighted by Gasteiger charge is -2.17. The van der Waals surface area contributed by atoms with E-state index in [-0.39, 0.29) is 17.9 Å². The van der Waals surface area contributed by atoms with Gasteiger partial charge in [-0.3, -0.25) is 4.79 Å². The first-order valence-electron chi connectivity index (χ1n) is 6.47. The standard InChI is InChI=1S/C13H24N4O2/c1-8(2)15-12(18)10(7-14)6-11-9(3)16-17(4)13(11)19-5/h8,10H,6-7,14H2,1-5H3,(H,15,18). The Labute approximate surface area is 114 Å². The molecule has 0 aromatic carbocycles. The number of carbonyl (C=O) groups excluding carboxylic acids is 1. The van der Waals surface area contributed by atoms with Crippen molar-refractivity contribution in [3.63, 3.8) is 0 Å². The third-order valence-electron chi connectivity index (χ3n) is 3.02. The van der Waals surface area contributed by atoms with Crippen LogP contribution in [0.15, 0.2) is 0 Å². The zero-order valence-corrected chi connectivity index (χ0v) is 12.4. The molecule has 0 saturated heterocycles. The molecule has 0 bridgehead atoms. The minimum absolute atomic E-state index is 0.0252. The third-order valence-corrected chi connectivity index (χ3v) is 3.02. The van der Waals surface area contributed by atoms with Gasteiger partial charge in [-0.25, -0.2) is 4.68 Å². The van der Waals surface area contributed by atoms with Crippen LogP contribution in [0.4, 0.5) is 0 Å². The maximum absolute atomic E-state index is 12.0. The summed E-state index contributed by atoms with van der Waals surface area (Å²) in [5.74, 6) is 0.398. The predicted molar refractivity (Wildman–Crippen MR) is 74.0 cm³/mol. The molecular weight excluding hydrogens is 244 g/mol. The van der Waals surface area contributed by atoms with Gasteiger partial charge < -0.3 is 15.8 Å². The molecule has 1 aromatic rings. The predicted octanol–water partition coefficient (Wildman–Crippen LogP) is 0.379. The normalized spacial score (nSPS) is 12.6. The van der Waals surface area contributed by atoms with Crippen molar-refractivity contribution in [2.45, 2.75) is 33.2 Å². The summed E-state index contributed by atoms with van der Waals surface area (Å²) in [5.41, 5.74) is 7.53. The van der Waals surface area contributed by atoms with Crippen LogP contribution in [0.2, 0.25) is 0 Å². The zero-order valence-electron chi connectivity index (χ0n) is 12.4. The first-order valence-corrected chi connectivity index (χ1v) is 6.47. The molecule has 0 radical (unpaired) electrons. The molecular formula is C13H24N4O2. The molecule has 0 aliphatic carbocycles. The van der Waals surface area contributed by atoms with Gasteiger partial charge in [0, 0.05) is 25.2 Å². The summed E-state index contributed by atoms with van der Waals surface area (Å²) < 4.78 is 7.01. The van der Waals surface area contributed by atoms with E-state index in [4.69, 9.17) is 10.5 Å². The number of amides is 1. The Morgan fingerprint density at radius 1 is 1.53 bits per heavy atom. The van der Waals surface area contributed by atoms with E-state index in [1.807, 2.05) is 27.8 Å². The minimum Gasteiger partial charge on any atom is -0.481 e. The first kappa shape index (κ1) is 15.5. The van der Waals surface area contributed by atoms with E-state index in [1.54, 1.807) is 11.8 Å². The van der Waals surface area contributed by atoms with Crippen LogP contribution in [-0.2, 0) is 18.3 Å². The lowest BCUT2D eigenvalue weighted by atomic mass is 9.98. The maximum Gasteiger partial charge on any atom is 0.224 e. The topological polar surface area (TPSA) is 82.2 Å². The van der Waals surface area contributed by atoms with Gasteiger partial charge in [-0.15, -0.1) is 0 Å². The van der Waals surface area contributed by atoms with Gasteiger partial charge in [-0.05, 0) is 27.2 Å². The fourth-order valence-corrected chi connectivity index (χ4v) is 2.10. The molecule has 1 unspecified atom stereocenters. The summed E-state index contributed by atoms with van der Waals surface area (Å²) in [7, 11) is 3.42. The second-order valence-corrected chi connectivity index (χ2v) is 5.00. The Hall–Kier alpha value is -1.56. The molecule has 6 heteroatoms. The molecule has 0 spiro atoms. The van der Waals surface area contributed by atoms with Crippen molar-refractivity contribution < 1.29 is 9.53 Å². The van der Waals surface area contributed by atoms with E-state index in [0.717, 1.165) is 11.3 Å². The number of aromatic nitrogens is 2. The Balaban J connectivity index is 2.90. The zero-order chi connectivity index (χ0) is 14.6. The molecule has 1 aromatic heterocycles. The molecule has 1 heterocycles. The number of nitrogens with one attached hydrogen (secondary N) is 1. The number of carbonyl (C=O) groups is 1. The molecule has 0 aliphatic heterocycles. The summed E-state index contributed by atoms with van der Waals surface area (Å²) in [6.45, 7) is 6.07. The van der Waals surface area contributed by atoms with E-state index in [9.17, 15) is 4.79 Å². The number of aryl methyl sites for hydroxylation is 2. The summed E-state index contributed by atoms with van der Waals surface area (Å²) in [6, 6.07) is 0.110. The third kappa shape index (κ3) is 3.70. The van der Waals surface area contributed by atoms with E-state index in [2.05, 4.69) is 10.4 Å². The van der Waals surface area contributed by atoms with Crippen molar-refractivity contribution in [1.82, 2.24) is 15.1 Å². The quantitative estimate of drug-likeness (QED) is 0.781. The number of hydrogen-bond donors (Lipinski definition) is 2. The van der Waals surface area contributed by atoms with Gasteiger partial charge in [0.1, 0.15) is 0 Å². The molecule has 0 saturated carbocycles. The maximum atomic E-state index is 12.0. The molecule has 6 nitrogen and oxygen atoms in total. The van der Waals surface area contributed by atoms with Crippen LogP contribution in [0, 0.1) is 12.8 Å². The van der Waals surface area contributed by atoms with Crippen molar-refractivity contribution >= 4 is 5.91 Å². The van der Waals surface area contributed by atoms with Crippen molar-refractivity contribution in [2.75, 3.05) is 13.7 Å². The summed E-state index contributed by atoms with van der Waals surface area (Å²) >= 11 is 0. The Bertz CT molecular complexity index is 440. The number of rotatable bonds is 6. The van der Waals surface area contributed by atoms with Crippen molar-refractivity contribution in [3.8, 4) is 5.88 Å². The number of methoxy groups -OCH3 is 1. The second-order valence-electron chi connectivity index (χ2n) is 5.00. The molecule has 1 amide bonds. The van der Waals surface area contributed by atoms with E-state index in [1.165, 1.54) is 0 Å². The van der Waals surface area contributed by atoms with Gasteiger partial charge in [0.05, 0.1) is 18.7 Å². The first-order chi connectivity index (χ1) is 8.90. The highest BCUT2D eigenvalue weighted by atomic mass is 16.5. The number of nitrogens with zero attached hydrogens (tertiary/aromatic N) is 2. The van der Waals surface area contributed by atoms with Crippen molar-refractivity contribution in [3.05, 3.63) is 11.3 Å². The summed E-state index contributed by atoms with van der Waals surface area (Å²) in [6.07, 6.45) is 0.540. The Morgan fingerprint density at radius 2 is 2.16 bits per heavy atom. The smallest absolute Gasteiger partial charge is 0.224 e. The van der Waals surface area contributed by atoms with Crippen LogP contribution in [0.3, 0.4) is 0 Å². The van der Waals surface area contributed by atoms with Gasteiger partial charge in [0.2, 0.25) is 11.8 Å². The SMILES string of the molecule is COc1c(CC(CN)C(=O)NC(C)C)c(C)nn1C. The van der Waals surface area contributed by atoms with Gasteiger partial charge in [-0.1, -0.05) is 0 Å². The monoisotopic (exact) mass is 268 g/mol. The number of nitrogens with two attached hydrogens (primary N) is 1. The fourth-order valence-electron chi connectivity index (χ4n) is 2.10. The molecule has 19 heavy (non-hydrogen) atoms.